The first-order valence-corrected chi connectivity index (χ1v) is 5.43. The van der Waals surface area contributed by atoms with E-state index in [0.717, 1.165) is 25.6 Å². The van der Waals surface area contributed by atoms with Crippen LogP contribution in [0.2, 0.25) is 0 Å². The van der Waals surface area contributed by atoms with Crippen LogP contribution in [0.1, 0.15) is 33.1 Å². The normalized spacial score (nSPS) is 18.3. The Kier molecular flexibility index (Phi) is 4.35. The first-order valence-electron chi connectivity index (χ1n) is 5.43. The van der Waals surface area contributed by atoms with E-state index in [-0.39, 0.29) is 11.8 Å². The number of nitrogens with two attached hydrogens (primary N) is 1. The molecule has 0 aliphatic heterocycles. The second kappa shape index (κ2) is 5.32. The van der Waals surface area contributed by atoms with E-state index in [9.17, 15) is 4.79 Å². The van der Waals surface area contributed by atoms with E-state index in [4.69, 9.17) is 5.84 Å². The second-order valence-corrected chi connectivity index (χ2v) is 4.14. The van der Waals surface area contributed by atoms with Gasteiger partial charge in [-0.15, -0.1) is 0 Å². The third kappa shape index (κ3) is 3.27. The van der Waals surface area contributed by atoms with Crippen LogP contribution in [0.3, 0.4) is 0 Å². The maximum absolute atomic E-state index is 11.2. The zero-order valence-corrected chi connectivity index (χ0v) is 9.12. The highest BCUT2D eigenvalue weighted by atomic mass is 16.2. The van der Waals surface area contributed by atoms with Gasteiger partial charge in [0.2, 0.25) is 5.91 Å². The van der Waals surface area contributed by atoms with E-state index in [1.807, 2.05) is 6.92 Å². The molecule has 1 saturated carbocycles. The molecule has 1 rings (SSSR count). The fraction of sp³-hybridized carbons (Fsp3) is 0.900. The van der Waals surface area contributed by atoms with Crippen molar-refractivity contribution in [2.24, 2.45) is 11.8 Å². The number of rotatable bonds is 6. The van der Waals surface area contributed by atoms with Crippen molar-refractivity contribution in [2.75, 3.05) is 13.1 Å². The molecule has 4 heteroatoms. The predicted molar refractivity (Wildman–Crippen MR) is 56.4 cm³/mol. The molecule has 82 valence electrons. The number of carbonyl (C=O) groups excluding carboxylic acids is 1. The third-order valence-electron chi connectivity index (χ3n) is 2.67. The second-order valence-electron chi connectivity index (χ2n) is 4.14. The standard InChI is InChI=1S/C10H21N3O/c1-3-6-13(9-4-5-9)7-8(2)10(14)12-11/h8-9H,3-7,11H2,1-2H3,(H,12,14). The van der Waals surface area contributed by atoms with Crippen molar-refractivity contribution in [1.82, 2.24) is 10.3 Å². The molecule has 0 heterocycles. The maximum atomic E-state index is 11.2. The van der Waals surface area contributed by atoms with Crippen LogP contribution in [0.15, 0.2) is 0 Å². The van der Waals surface area contributed by atoms with Gasteiger partial charge in [-0.05, 0) is 25.8 Å². The lowest BCUT2D eigenvalue weighted by atomic mass is 10.1. The number of carbonyl (C=O) groups is 1. The first kappa shape index (κ1) is 11.5. The van der Waals surface area contributed by atoms with Gasteiger partial charge in [0.1, 0.15) is 0 Å². The van der Waals surface area contributed by atoms with Crippen molar-refractivity contribution in [2.45, 2.75) is 39.2 Å². The van der Waals surface area contributed by atoms with Gasteiger partial charge in [-0.2, -0.15) is 0 Å². The Hall–Kier alpha value is -0.610. The van der Waals surface area contributed by atoms with Crippen LogP contribution in [0.25, 0.3) is 0 Å². The fourth-order valence-electron chi connectivity index (χ4n) is 1.73. The molecule has 4 nitrogen and oxygen atoms in total. The summed E-state index contributed by atoms with van der Waals surface area (Å²) in [7, 11) is 0. The number of hydrogen-bond donors (Lipinski definition) is 2. The smallest absolute Gasteiger partial charge is 0.237 e. The van der Waals surface area contributed by atoms with Crippen molar-refractivity contribution < 1.29 is 4.79 Å². The predicted octanol–water partition coefficient (Wildman–Crippen LogP) is 0.487. The summed E-state index contributed by atoms with van der Waals surface area (Å²) in [6.45, 7) is 6.02. The average molecular weight is 199 g/mol. The molecule has 0 aromatic rings. The minimum atomic E-state index is -0.0632. The van der Waals surface area contributed by atoms with Gasteiger partial charge < -0.3 is 0 Å². The van der Waals surface area contributed by atoms with Crippen molar-refractivity contribution >= 4 is 5.91 Å². The summed E-state index contributed by atoms with van der Waals surface area (Å²) in [4.78, 5) is 13.6. The average Bonchev–Trinajstić information content (AvgIpc) is 2.99. The van der Waals surface area contributed by atoms with E-state index in [1.165, 1.54) is 12.8 Å². The number of nitrogens with zero attached hydrogens (tertiary/aromatic N) is 1. The summed E-state index contributed by atoms with van der Waals surface area (Å²) in [5, 5.41) is 0. The minimum Gasteiger partial charge on any atom is -0.300 e. The van der Waals surface area contributed by atoms with Gasteiger partial charge in [-0.1, -0.05) is 13.8 Å². The monoisotopic (exact) mass is 199 g/mol. The Morgan fingerprint density at radius 3 is 2.71 bits per heavy atom. The van der Waals surface area contributed by atoms with Crippen LogP contribution < -0.4 is 11.3 Å². The van der Waals surface area contributed by atoms with E-state index in [0.29, 0.717) is 0 Å². The van der Waals surface area contributed by atoms with E-state index >= 15 is 0 Å². The highest BCUT2D eigenvalue weighted by Gasteiger charge is 2.30. The zero-order chi connectivity index (χ0) is 10.6. The summed E-state index contributed by atoms with van der Waals surface area (Å²) in [6, 6.07) is 0.725. The SMILES string of the molecule is CCCN(CC(C)C(=O)NN)C1CC1. The van der Waals surface area contributed by atoms with Gasteiger partial charge in [-0.3, -0.25) is 15.1 Å². The third-order valence-corrected chi connectivity index (χ3v) is 2.67. The molecule has 1 amide bonds. The van der Waals surface area contributed by atoms with Crippen molar-refractivity contribution in [3.8, 4) is 0 Å². The topological polar surface area (TPSA) is 58.4 Å². The number of amides is 1. The molecule has 0 bridgehead atoms. The Labute approximate surface area is 85.8 Å². The molecule has 1 unspecified atom stereocenters. The van der Waals surface area contributed by atoms with Crippen molar-refractivity contribution in [3.05, 3.63) is 0 Å². The molecule has 1 aliphatic rings. The van der Waals surface area contributed by atoms with E-state index in [1.54, 1.807) is 0 Å². The zero-order valence-electron chi connectivity index (χ0n) is 9.12. The lowest BCUT2D eigenvalue weighted by Gasteiger charge is -2.24. The maximum Gasteiger partial charge on any atom is 0.237 e. The Morgan fingerprint density at radius 1 is 1.64 bits per heavy atom. The van der Waals surface area contributed by atoms with Gasteiger partial charge in [0, 0.05) is 18.5 Å². The molecule has 1 atom stereocenters. The molecular weight excluding hydrogens is 178 g/mol. The molecule has 0 radical (unpaired) electrons. The van der Waals surface area contributed by atoms with Crippen molar-refractivity contribution in [3.63, 3.8) is 0 Å². The highest BCUT2D eigenvalue weighted by Crippen LogP contribution is 2.27. The number of hydrogen-bond acceptors (Lipinski definition) is 3. The lowest BCUT2D eigenvalue weighted by molar-refractivity contribution is -0.125. The van der Waals surface area contributed by atoms with Gasteiger partial charge in [0.25, 0.3) is 0 Å². The van der Waals surface area contributed by atoms with Crippen LogP contribution in [-0.4, -0.2) is 29.9 Å². The summed E-state index contributed by atoms with van der Waals surface area (Å²) in [5.41, 5.74) is 2.21. The highest BCUT2D eigenvalue weighted by molar-refractivity contribution is 5.77. The molecule has 0 aromatic carbocycles. The lowest BCUT2D eigenvalue weighted by Crippen LogP contribution is -2.41. The first-order chi connectivity index (χ1) is 6.69. The quantitative estimate of drug-likeness (QED) is 0.372. The fourth-order valence-corrected chi connectivity index (χ4v) is 1.73. The molecule has 0 aromatic heterocycles. The molecule has 3 N–H and O–H groups in total. The van der Waals surface area contributed by atoms with Crippen LogP contribution in [0.4, 0.5) is 0 Å². The van der Waals surface area contributed by atoms with Crippen LogP contribution >= 0.6 is 0 Å². The molecule has 0 spiro atoms. The summed E-state index contributed by atoms with van der Waals surface area (Å²) in [6.07, 6.45) is 3.72. The Bertz CT molecular complexity index is 192. The van der Waals surface area contributed by atoms with Crippen LogP contribution in [0, 0.1) is 5.92 Å². The molecule has 0 saturated heterocycles. The summed E-state index contributed by atoms with van der Waals surface area (Å²) >= 11 is 0. The Balaban J connectivity index is 2.33. The Morgan fingerprint density at radius 2 is 2.29 bits per heavy atom. The van der Waals surface area contributed by atoms with Gasteiger partial charge in [0.15, 0.2) is 0 Å². The van der Waals surface area contributed by atoms with Crippen LogP contribution in [0.5, 0.6) is 0 Å². The van der Waals surface area contributed by atoms with Crippen molar-refractivity contribution in [1.29, 1.82) is 0 Å². The molecule has 14 heavy (non-hydrogen) atoms. The van der Waals surface area contributed by atoms with E-state index in [2.05, 4.69) is 17.2 Å². The summed E-state index contributed by atoms with van der Waals surface area (Å²) in [5.74, 6) is 5.03. The molecule has 1 fully saturated rings. The minimum absolute atomic E-state index is 0.00727. The molecule has 1 aliphatic carbocycles. The van der Waals surface area contributed by atoms with Gasteiger partial charge in [0.05, 0.1) is 0 Å². The van der Waals surface area contributed by atoms with Gasteiger partial charge in [-0.25, -0.2) is 5.84 Å². The molecular formula is C10H21N3O. The van der Waals surface area contributed by atoms with Crippen LogP contribution in [-0.2, 0) is 4.79 Å². The number of nitrogens with one attached hydrogen (secondary N) is 1. The van der Waals surface area contributed by atoms with Gasteiger partial charge >= 0.3 is 0 Å². The summed E-state index contributed by atoms with van der Waals surface area (Å²) < 4.78 is 0. The largest absolute Gasteiger partial charge is 0.300 e. The number of hydrazine groups is 1. The van der Waals surface area contributed by atoms with E-state index < -0.39 is 0 Å².